The molecule has 0 N–H and O–H groups in total. The number of rotatable bonds is 0. The van der Waals surface area contributed by atoms with Gasteiger partial charge >= 0.3 is 0 Å². The van der Waals surface area contributed by atoms with Crippen LogP contribution in [0, 0.1) is 5.82 Å². The van der Waals surface area contributed by atoms with Gasteiger partial charge in [0, 0.05) is 18.6 Å². The van der Waals surface area contributed by atoms with Crippen LogP contribution in [0.2, 0.25) is 0 Å². The number of benzene rings is 1. The average Bonchev–Trinajstić information content (AvgIpc) is 2.41. The molecule has 0 bridgehead atoms. The molecule has 0 aliphatic rings. The highest BCUT2D eigenvalue weighted by atomic mass is 79.9. The van der Waals surface area contributed by atoms with Crippen LogP contribution in [0.15, 0.2) is 28.9 Å². The summed E-state index contributed by atoms with van der Waals surface area (Å²) >= 11 is 3.15. The van der Waals surface area contributed by atoms with Crippen LogP contribution in [0.5, 0.6) is 0 Å². The lowest BCUT2D eigenvalue weighted by Gasteiger charge is -1.99. The molecule has 12 heavy (non-hydrogen) atoms. The van der Waals surface area contributed by atoms with Gasteiger partial charge in [0.1, 0.15) is 0 Å². The van der Waals surface area contributed by atoms with E-state index in [4.69, 9.17) is 0 Å². The van der Waals surface area contributed by atoms with Crippen molar-refractivity contribution >= 4 is 26.8 Å². The fourth-order valence-electron chi connectivity index (χ4n) is 1.31. The van der Waals surface area contributed by atoms with Crippen LogP contribution in [0.4, 0.5) is 4.39 Å². The van der Waals surface area contributed by atoms with Crippen molar-refractivity contribution in [1.29, 1.82) is 0 Å². The van der Waals surface area contributed by atoms with Crippen LogP contribution in [-0.2, 0) is 7.05 Å². The molecule has 1 nitrogen and oxygen atoms in total. The topological polar surface area (TPSA) is 4.93 Å². The maximum atomic E-state index is 13.4. The van der Waals surface area contributed by atoms with E-state index in [1.54, 1.807) is 10.6 Å². The largest absolute Gasteiger partial charge is 0.348 e. The number of aromatic nitrogens is 1. The molecule has 2 aromatic rings. The Balaban J connectivity index is 2.96. The van der Waals surface area contributed by atoms with Crippen molar-refractivity contribution in [3.8, 4) is 0 Å². The molecule has 1 aromatic carbocycles. The maximum absolute atomic E-state index is 13.4. The minimum atomic E-state index is -0.194. The smallest absolute Gasteiger partial charge is 0.161 e. The number of hydrogen-bond donors (Lipinski definition) is 0. The summed E-state index contributed by atoms with van der Waals surface area (Å²) in [5.74, 6) is -0.194. The third kappa shape index (κ3) is 0.966. The number of nitrogens with zero attached hydrogens (tertiary/aromatic N) is 1. The van der Waals surface area contributed by atoms with E-state index in [1.165, 1.54) is 0 Å². The van der Waals surface area contributed by atoms with Crippen molar-refractivity contribution < 1.29 is 4.39 Å². The van der Waals surface area contributed by atoms with E-state index >= 15 is 0 Å². The van der Waals surface area contributed by atoms with E-state index in [9.17, 15) is 4.39 Å². The number of hydrogen-bond acceptors (Lipinski definition) is 0. The first-order valence-corrected chi connectivity index (χ1v) is 4.38. The zero-order valence-corrected chi connectivity index (χ0v) is 8.10. The van der Waals surface area contributed by atoms with Gasteiger partial charge in [0.2, 0.25) is 0 Å². The molecular weight excluding hydrogens is 221 g/mol. The minimum Gasteiger partial charge on any atom is -0.348 e. The Morgan fingerprint density at radius 3 is 2.83 bits per heavy atom. The Hall–Kier alpha value is -0.830. The number of fused-ring (bicyclic) bond motifs is 1. The van der Waals surface area contributed by atoms with Gasteiger partial charge in [0.25, 0.3) is 0 Å². The Morgan fingerprint density at radius 2 is 2.08 bits per heavy atom. The second kappa shape index (κ2) is 2.59. The van der Waals surface area contributed by atoms with Crippen LogP contribution in [-0.4, -0.2) is 4.57 Å². The molecule has 0 aliphatic heterocycles. The summed E-state index contributed by atoms with van der Waals surface area (Å²) in [5.41, 5.74) is 0.643. The summed E-state index contributed by atoms with van der Waals surface area (Å²) in [6, 6.07) is 5.50. The van der Waals surface area contributed by atoms with Crippen LogP contribution >= 0.6 is 15.9 Å². The van der Waals surface area contributed by atoms with E-state index in [0.717, 1.165) is 5.39 Å². The monoisotopic (exact) mass is 227 g/mol. The zero-order chi connectivity index (χ0) is 8.72. The van der Waals surface area contributed by atoms with Gasteiger partial charge in [-0.1, -0.05) is 6.07 Å². The van der Waals surface area contributed by atoms with E-state index in [0.29, 0.717) is 9.99 Å². The van der Waals surface area contributed by atoms with Gasteiger partial charge in [-0.15, -0.1) is 0 Å². The van der Waals surface area contributed by atoms with Crippen molar-refractivity contribution in [3.63, 3.8) is 0 Å². The third-order valence-corrected chi connectivity index (χ3v) is 2.54. The summed E-state index contributed by atoms with van der Waals surface area (Å²) in [5, 5.41) is 0.929. The Morgan fingerprint density at radius 1 is 1.33 bits per heavy atom. The zero-order valence-electron chi connectivity index (χ0n) is 6.51. The molecule has 0 fully saturated rings. The fraction of sp³-hybridized carbons (Fsp3) is 0.111. The van der Waals surface area contributed by atoms with Crippen molar-refractivity contribution in [2.24, 2.45) is 7.05 Å². The van der Waals surface area contributed by atoms with Crippen LogP contribution in [0.1, 0.15) is 0 Å². The molecule has 1 heterocycles. The van der Waals surface area contributed by atoms with Crippen molar-refractivity contribution in [2.45, 2.75) is 0 Å². The molecule has 0 saturated carbocycles. The molecule has 62 valence electrons. The fourth-order valence-corrected chi connectivity index (χ4v) is 1.63. The van der Waals surface area contributed by atoms with Gasteiger partial charge in [0.15, 0.2) is 5.82 Å². The SMILES string of the molecule is Cn1ccc2ccc(Br)c(F)c21. The lowest BCUT2D eigenvalue weighted by atomic mass is 10.2. The van der Waals surface area contributed by atoms with Crippen molar-refractivity contribution in [3.05, 3.63) is 34.7 Å². The number of halogens is 2. The molecule has 0 unspecified atom stereocenters. The van der Waals surface area contributed by atoms with Crippen molar-refractivity contribution in [1.82, 2.24) is 4.57 Å². The Labute approximate surface area is 77.9 Å². The van der Waals surface area contributed by atoms with Gasteiger partial charge in [-0.3, -0.25) is 0 Å². The second-order valence-electron chi connectivity index (χ2n) is 2.73. The predicted octanol–water partition coefficient (Wildman–Crippen LogP) is 3.08. The Bertz CT molecular complexity index is 433. The maximum Gasteiger partial charge on any atom is 0.161 e. The van der Waals surface area contributed by atoms with Gasteiger partial charge in [-0.25, -0.2) is 4.39 Å². The first kappa shape index (κ1) is 7.80. The first-order valence-electron chi connectivity index (χ1n) is 3.59. The minimum absolute atomic E-state index is 0.194. The van der Waals surface area contributed by atoms with E-state index in [2.05, 4.69) is 15.9 Å². The molecule has 1 aromatic heterocycles. The first-order chi connectivity index (χ1) is 5.70. The van der Waals surface area contributed by atoms with Crippen LogP contribution < -0.4 is 0 Å². The third-order valence-electron chi connectivity index (χ3n) is 1.93. The van der Waals surface area contributed by atoms with Crippen LogP contribution in [0.25, 0.3) is 10.9 Å². The molecule has 0 atom stereocenters. The molecule has 3 heteroatoms. The van der Waals surface area contributed by atoms with Crippen LogP contribution in [0.3, 0.4) is 0 Å². The highest BCUT2D eigenvalue weighted by molar-refractivity contribution is 9.10. The highest BCUT2D eigenvalue weighted by Gasteiger charge is 2.07. The quantitative estimate of drug-likeness (QED) is 0.652. The molecular formula is C9H7BrFN. The molecule has 0 amide bonds. The van der Waals surface area contributed by atoms with Gasteiger partial charge in [-0.2, -0.15) is 0 Å². The Kier molecular flexibility index (Phi) is 1.68. The average molecular weight is 228 g/mol. The van der Waals surface area contributed by atoms with E-state index < -0.39 is 0 Å². The molecule has 0 aliphatic carbocycles. The summed E-state index contributed by atoms with van der Waals surface area (Å²) in [6.45, 7) is 0. The summed E-state index contributed by atoms with van der Waals surface area (Å²) in [4.78, 5) is 0. The van der Waals surface area contributed by atoms with Gasteiger partial charge < -0.3 is 4.57 Å². The van der Waals surface area contributed by atoms with E-state index in [1.807, 2.05) is 25.4 Å². The second-order valence-corrected chi connectivity index (χ2v) is 3.58. The summed E-state index contributed by atoms with van der Waals surface area (Å²) in [7, 11) is 1.83. The number of aryl methyl sites for hydroxylation is 1. The van der Waals surface area contributed by atoms with Gasteiger partial charge in [0.05, 0.1) is 9.99 Å². The molecule has 0 saturated heterocycles. The molecule has 0 spiro atoms. The highest BCUT2D eigenvalue weighted by Crippen LogP contribution is 2.24. The summed E-state index contributed by atoms with van der Waals surface area (Å²) in [6.07, 6.45) is 1.85. The molecule has 2 rings (SSSR count). The normalized spacial score (nSPS) is 10.9. The summed E-state index contributed by atoms with van der Waals surface area (Å²) < 4.78 is 15.7. The molecule has 0 radical (unpaired) electrons. The lowest BCUT2D eigenvalue weighted by molar-refractivity contribution is 0.625. The predicted molar refractivity (Wildman–Crippen MR) is 50.6 cm³/mol. The standard InChI is InChI=1S/C9H7BrFN/c1-12-5-4-6-2-3-7(10)8(11)9(6)12/h2-5H,1H3. The lowest BCUT2D eigenvalue weighted by Crippen LogP contribution is -1.88. The van der Waals surface area contributed by atoms with E-state index in [-0.39, 0.29) is 5.82 Å². The van der Waals surface area contributed by atoms with Crippen molar-refractivity contribution in [2.75, 3.05) is 0 Å². The van der Waals surface area contributed by atoms with Gasteiger partial charge in [-0.05, 0) is 28.1 Å².